The third-order valence-corrected chi connectivity index (χ3v) is 7.57. The maximum Gasteiger partial charge on any atom is 0.433 e. The lowest BCUT2D eigenvalue weighted by Crippen LogP contribution is -2.45. The first-order valence-corrected chi connectivity index (χ1v) is 12.1. The van der Waals surface area contributed by atoms with Crippen molar-refractivity contribution in [2.45, 2.75) is 36.5 Å². The second-order valence-corrected chi connectivity index (χ2v) is 9.92. The highest BCUT2D eigenvalue weighted by atomic mass is 32.2. The Morgan fingerprint density at radius 1 is 1.06 bits per heavy atom. The van der Waals surface area contributed by atoms with E-state index in [1.54, 1.807) is 0 Å². The zero-order chi connectivity index (χ0) is 26.1. The molecule has 1 atom stereocenters. The molecule has 1 amide bonds. The number of nitrogens with zero attached hydrogens (tertiary/aromatic N) is 3. The monoisotopic (exact) mass is 526 g/mol. The van der Waals surface area contributed by atoms with E-state index in [-0.39, 0.29) is 41.2 Å². The van der Waals surface area contributed by atoms with Crippen molar-refractivity contribution in [2.75, 3.05) is 6.54 Å². The van der Waals surface area contributed by atoms with Crippen molar-refractivity contribution in [3.05, 3.63) is 77.9 Å². The lowest BCUT2D eigenvalue weighted by atomic mass is 10.1. The van der Waals surface area contributed by atoms with E-state index in [0.717, 1.165) is 53.1 Å². The van der Waals surface area contributed by atoms with Crippen LogP contribution in [0, 0.1) is 11.6 Å². The maximum atomic E-state index is 14.3. The van der Waals surface area contributed by atoms with Crippen LogP contribution in [0.15, 0.2) is 59.8 Å². The standard InChI is InChI=1S/C23H19F5N4O3S/c24-15-4-6-17(7-5-15)36(34,35)32-9-1-2-20(32)22(33)31-12-16-10-18(19(25)13-29-16)14-3-8-21(30-11-14)23(26,27)28/h3-8,10-11,13,20H,1-2,9,12H2,(H,31,33)/t20-/m0/s1. The second kappa shape index (κ2) is 9.90. The topological polar surface area (TPSA) is 92.3 Å². The van der Waals surface area contributed by atoms with Crippen molar-refractivity contribution in [1.82, 2.24) is 19.6 Å². The molecule has 3 heterocycles. The number of hydrogen-bond donors (Lipinski definition) is 1. The van der Waals surface area contributed by atoms with Gasteiger partial charge in [0, 0.05) is 23.9 Å². The lowest BCUT2D eigenvalue weighted by molar-refractivity contribution is -0.141. The highest BCUT2D eigenvalue weighted by molar-refractivity contribution is 7.89. The van der Waals surface area contributed by atoms with E-state index in [0.29, 0.717) is 6.42 Å². The van der Waals surface area contributed by atoms with Crippen molar-refractivity contribution >= 4 is 15.9 Å². The molecule has 1 fully saturated rings. The third kappa shape index (κ3) is 5.36. The number of aromatic nitrogens is 2. The molecule has 1 aliphatic heterocycles. The van der Waals surface area contributed by atoms with E-state index in [9.17, 15) is 35.2 Å². The fourth-order valence-corrected chi connectivity index (χ4v) is 5.50. The smallest absolute Gasteiger partial charge is 0.349 e. The minimum atomic E-state index is -4.64. The average Bonchev–Trinajstić information content (AvgIpc) is 3.34. The fourth-order valence-electron chi connectivity index (χ4n) is 3.85. The molecule has 0 aliphatic carbocycles. The van der Waals surface area contributed by atoms with Gasteiger partial charge in [0.15, 0.2) is 0 Å². The Morgan fingerprint density at radius 2 is 1.78 bits per heavy atom. The van der Waals surface area contributed by atoms with Crippen molar-refractivity contribution in [1.29, 1.82) is 0 Å². The highest BCUT2D eigenvalue weighted by Crippen LogP contribution is 2.30. The molecule has 1 saturated heterocycles. The van der Waals surface area contributed by atoms with Crippen molar-refractivity contribution in [2.24, 2.45) is 0 Å². The van der Waals surface area contributed by atoms with Crippen LogP contribution in [0.25, 0.3) is 11.1 Å². The number of alkyl halides is 3. The van der Waals surface area contributed by atoms with E-state index in [4.69, 9.17) is 0 Å². The Kier molecular flexibility index (Phi) is 7.05. The van der Waals surface area contributed by atoms with Crippen LogP contribution in [0.3, 0.4) is 0 Å². The summed E-state index contributed by atoms with van der Waals surface area (Å²) in [7, 11) is -4.04. The summed E-state index contributed by atoms with van der Waals surface area (Å²) in [6.45, 7) is -0.0707. The number of benzene rings is 1. The van der Waals surface area contributed by atoms with Crippen LogP contribution in [0.2, 0.25) is 0 Å². The summed E-state index contributed by atoms with van der Waals surface area (Å²) in [6, 6.07) is 6.35. The minimum Gasteiger partial charge on any atom is -0.349 e. The highest BCUT2D eigenvalue weighted by Gasteiger charge is 2.39. The molecule has 0 spiro atoms. The molecular weight excluding hydrogens is 507 g/mol. The summed E-state index contributed by atoms with van der Waals surface area (Å²) in [6.07, 6.45) is -2.16. The summed E-state index contributed by atoms with van der Waals surface area (Å²) < 4.78 is 92.7. The summed E-state index contributed by atoms with van der Waals surface area (Å²) in [5.41, 5.74) is -0.893. The van der Waals surface area contributed by atoms with Gasteiger partial charge >= 0.3 is 6.18 Å². The molecule has 0 bridgehead atoms. The molecule has 1 N–H and O–H groups in total. The number of rotatable bonds is 6. The molecule has 1 aromatic carbocycles. The van der Waals surface area contributed by atoms with Crippen LogP contribution in [0.5, 0.6) is 0 Å². The van der Waals surface area contributed by atoms with Gasteiger partial charge in [0.1, 0.15) is 23.4 Å². The van der Waals surface area contributed by atoms with Gasteiger partial charge < -0.3 is 5.32 Å². The molecular formula is C23H19F5N4O3S. The molecule has 1 aliphatic rings. The second-order valence-electron chi connectivity index (χ2n) is 8.03. The van der Waals surface area contributed by atoms with Crippen LogP contribution in [-0.2, 0) is 27.5 Å². The molecule has 7 nitrogen and oxygen atoms in total. The number of pyridine rings is 2. The molecule has 0 radical (unpaired) electrons. The number of carbonyl (C=O) groups excluding carboxylic acids is 1. The van der Waals surface area contributed by atoms with Gasteiger partial charge in [0.2, 0.25) is 15.9 Å². The molecule has 0 unspecified atom stereocenters. The summed E-state index contributed by atoms with van der Waals surface area (Å²) in [5, 5.41) is 2.58. The lowest BCUT2D eigenvalue weighted by Gasteiger charge is -2.23. The van der Waals surface area contributed by atoms with Gasteiger partial charge in [0.05, 0.1) is 23.3 Å². The molecule has 4 rings (SSSR count). The van der Waals surface area contributed by atoms with Gasteiger partial charge in [-0.3, -0.25) is 14.8 Å². The van der Waals surface area contributed by atoms with Crippen molar-refractivity contribution < 1.29 is 35.2 Å². The minimum absolute atomic E-state index is 0.0585. The zero-order valence-electron chi connectivity index (χ0n) is 18.5. The Labute approximate surface area is 203 Å². The van der Waals surface area contributed by atoms with Gasteiger partial charge in [-0.25, -0.2) is 17.2 Å². The third-order valence-electron chi connectivity index (χ3n) is 5.65. The van der Waals surface area contributed by atoms with Gasteiger partial charge in [-0.05, 0) is 49.2 Å². The van der Waals surface area contributed by atoms with Gasteiger partial charge in [-0.2, -0.15) is 17.5 Å². The Morgan fingerprint density at radius 3 is 2.42 bits per heavy atom. The van der Waals surface area contributed by atoms with Crippen LogP contribution in [0.1, 0.15) is 24.2 Å². The number of sulfonamides is 1. The predicted octanol–water partition coefficient (Wildman–Crippen LogP) is 3.91. The first-order chi connectivity index (χ1) is 17.0. The average molecular weight is 526 g/mol. The summed E-state index contributed by atoms with van der Waals surface area (Å²) >= 11 is 0. The van der Waals surface area contributed by atoms with Crippen LogP contribution in [-0.4, -0.2) is 41.2 Å². The molecule has 2 aromatic heterocycles. The Balaban J connectivity index is 1.47. The quantitative estimate of drug-likeness (QED) is 0.492. The van der Waals surface area contributed by atoms with Crippen molar-refractivity contribution in [3.8, 4) is 11.1 Å². The van der Waals surface area contributed by atoms with Crippen LogP contribution < -0.4 is 5.32 Å². The molecule has 0 saturated carbocycles. The van der Waals surface area contributed by atoms with Gasteiger partial charge in [0.25, 0.3) is 0 Å². The zero-order valence-corrected chi connectivity index (χ0v) is 19.3. The predicted molar refractivity (Wildman–Crippen MR) is 118 cm³/mol. The molecule has 190 valence electrons. The van der Waals surface area contributed by atoms with Gasteiger partial charge in [-0.1, -0.05) is 6.07 Å². The van der Waals surface area contributed by atoms with E-state index < -0.39 is 45.5 Å². The summed E-state index contributed by atoms with van der Waals surface area (Å²) in [5.74, 6) is -1.98. The SMILES string of the molecule is O=C(NCc1cc(-c2ccc(C(F)(F)F)nc2)c(F)cn1)[C@@H]1CCCN1S(=O)(=O)c1ccc(F)cc1. The number of hydrogen-bond acceptors (Lipinski definition) is 5. The maximum absolute atomic E-state index is 14.3. The van der Waals surface area contributed by atoms with Crippen molar-refractivity contribution in [3.63, 3.8) is 0 Å². The number of carbonyl (C=O) groups is 1. The molecule has 3 aromatic rings. The fraction of sp³-hybridized carbons (Fsp3) is 0.261. The normalized spacial score (nSPS) is 16.8. The molecule has 36 heavy (non-hydrogen) atoms. The van der Waals surface area contributed by atoms with E-state index >= 15 is 0 Å². The summed E-state index contributed by atoms with van der Waals surface area (Å²) in [4.78, 5) is 19.9. The van der Waals surface area contributed by atoms with Crippen LogP contribution in [0.4, 0.5) is 22.0 Å². The van der Waals surface area contributed by atoms with E-state index in [1.165, 1.54) is 6.07 Å². The number of halogens is 5. The number of amides is 1. The first kappa shape index (κ1) is 25.6. The number of nitrogens with one attached hydrogen (secondary N) is 1. The first-order valence-electron chi connectivity index (χ1n) is 10.7. The van der Waals surface area contributed by atoms with E-state index in [1.807, 2.05) is 0 Å². The Hall–Kier alpha value is -3.45. The van der Waals surface area contributed by atoms with Crippen LogP contribution >= 0.6 is 0 Å². The Bertz CT molecular complexity index is 1360. The largest absolute Gasteiger partial charge is 0.433 e. The van der Waals surface area contributed by atoms with Gasteiger partial charge in [-0.15, -0.1) is 0 Å². The van der Waals surface area contributed by atoms with E-state index in [2.05, 4.69) is 15.3 Å². The molecule has 13 heteroatoms.